The summed E-state index contributed by atoms with van der Waals surface area (Å²) in [7, 11) is 0. The van der Waals surface area contributed by atoms with Gasteiger partial charge in [-0.3, -0.25) is 4.40 Å². The van der Waals surface area contributed by atoms with Crippen LogP contribution in [0.1, 0.15) is 16.8 Å². The molecule has 0 spiro atoms. The Morgan fingerprint density at radius 1 is 1.26 bits per heavy atom. The van der Waals surface area contributed by atoms with E-state index in [0.29, 0.717) is 0 Å². The minimum absolute atomic E-state index is 0.173. The summed E-state index contributed by atoms with van der Waals surface area (Å²) >= 11 is 1.66. The van der Waals surface area contributed by atoms with Gasteiger partial charge in [0.25, 0.3) is 0 Å². The van der Waals surface area contributed by atoms with Gasteiger partial charge >= 0.3 is 0 Å². The van der Waals surface area contributed by atoms with Crippen LogP contribution in [0.2, 0.25) is 0 Å². The fourth-order valence-electron chi connectivity index (χ4n) is 3.07. The van der Waals surface area contributed by atoms with Crippen LogP contribution in [0.25, 0.3) is 4.96 Å². The molecular formula is C15H15N3S. The highest BCUT2D eigenvalue weighted by Gasteiger charge is 2.34. The highest BCUT2D eigenvalue weighted by molar-refractivity contribution is 7.15. The largest absolute Gasteiger partial charge is 0.324 e. The molecule has 0 amide bonds. The Balaban J connectivity index is 1.62. The fraction of sp³-hybridized carbons (Fsp3) is 0.267. The van der Waals surface area contributed by atoms with E-state index in [-0.39, 0.29) is 5.54 Å². The summed E-state index contributed by atoms with van der Waals surface area (Å²) in [4.78, 5) is 5.70. The molecular weight excluding hydrogens is 254 g/mol. The van der Waals surface area contributed by atoms with Crippen molar-refractivity contribution in [2.24, 2.45) is 5.73 Å². The van der Waals surface area contributed by atoms with Crippen molar-refractivity contribution in [3.8, 4) is 0 Å². The van der Waals surface area contributed by atoms with Crippen molar-refractivity contribution in [1.29, 1.82) is 0 Å². The van der Waals surface area contributed by atoms with Crippen molar-refractivity contribution in [2.45, 2.75) is 24.8 Å². The second-order valence-corrected chi connectivity index (χ2v) is 6.36. The fourth-order valence-corrected chi connectivity index (χ4v) is 3.79. The summed E-state index contributed by atoms with van der Waals surface area (Å²) in [5, 5.41) is 2.05. The van der Waals surface area contributed by atoms with E-state index in [4.69, 9.17) is 5.73 Å². The Hall–Kier alpha value is -1.65. The molecule has 2 heterocycles. The average Bonchev–Trinajstić information content (AvgIpc) is 2.99. The van der Waals surface area contributed by atoms with Crippen LogP contribution >= 0.6 is 11.3 Å². The molecule has 1 aliphatic carbocycles. The van der Waals surface area contributed by atoms with Crippen molar-refractivity contribution in [1.82, 2.24) is 9.38 Å². The second-order valence-electron chi connectivity index (χ2n) is 5.49. The highest BCUT2D eigenvalue weighted by atomic mass is 32.1. The Bertz CT molecular complexity index is 687. The van der Waals surface area contributed by atoms with Gasteiger partial charge in [0.1, 0.15) is 0 Å². The van der Waals surface area contributed by atoms with Crippen LogP contribution in [0, 0.1) is 0 Å². The SMILES string of the molecule is NC1(Cc2cn3ccsc3n2)Cc2ccccc2C1. The zero-order chi connectivity index (χ0) is 12.9. The number of thiazole rings is 1. The van der Waals surface area contributed by atoms with Crippen molar-refractivity contribution >= 4 is 16.3 Å². The number of hydrogen-bond donors (Lipinski definition) is 1. The number of benzene rings is 1. The van der Waals surface area contributed by atoms with Crippen molar-refractivity contribution in [3.63, 3.8) is 0 Å². The molecule has 0 unspecified atom stereocenters. The van der Waals surface area contributed by atoms with Crippen LogP contribution in [-0.4, -0.2) is 14.9 Å². The maximum atomic E-state index is 6.59. The molecule has 2 N–H and O–H groups in total. The minimum atomic E-state index is -0.173. The molecule has 0 fully saturated rings. The molecule has 1 aromatic carbocycles. The van der Waals surface area contributed by atoms with Gasteiger partial charge in [-0.05, 0) is 24.0 Å². The molecule has 3 nitrogen and oxygen atoms in total. The molecule has 0 aliphatic heterocycles. The zero-order valence-electron chi connectivity index (χ0n) is 10.5. The van der Waals surface area contributed by atoms with E-state index >= 15 is 0 Å². The Labute approximate surface area is 115 Å². The lowest BCUT2D eigenvalue weighted by atomic mass is 9.91. The van der Waals surface area contributed by atoms with E-state index in [1.165, 1.54) is 11.1 Å². The Morgan fingerprint density at radius 3 is 2.68 bits per heavy atom. The first-order valence-electron chi connectivity index (χ1n) is 6.49. The van der Waals surface area contributed by atoms with Gasteiger partial charge in [0.05, 0.1) is 5.69 Å². The molecule has 0 bridgehead atoms. The van der Waals surface area contributed by atoms with Gasteiger partial charge in [-0.15, -0.1) is 11.3 Å². The molecule has 1 aliphatic rings. The van der Waals surface area contributed by atoms with Crippen LogP contribution in [-0.2, 0) is 19.3 Å². The summed E-state index contributed by atoms with van der Waals surface area (Å²) in [5.41, 5.74) is 10.3. The van der Waals surface area contributed by atoms with Gasteiger partial charge < -0.3 is 5.73 Å². The molecule has 19 heavy (non-hydrogen) atoms. The van der Waals surface area contributed by atoms with Crippen molar-refractivity contribution in [3.05, 3.63) is 58.9 Å². The van der Waals surface area contributed by atoms with E-state index in [9.17, 15) is 0 Å². The van der Waals surface area contributed by atoms with Crippen molar-refractivity contribution in [2.75, 3.05) is 0 Å². The van der Waals surface area contributed by atoms with Gasteiger partial charge in [0, 0.05) is 29.7 Å². The molecule has 0 saturated carbocycles. The van der Waals surface area contributed by atoms with Crippen LogP contribution in [0.3, 0.4) is 0 Å². The first-order valence-corrected chi connectivity index (χ1v) is 7.37. The first kappa shape index (κ1) is 11.2. The molecule has 3 aromatic rings. The third-order valence-electron chi connectivity index (χ3n) is 3.88. The maximum absolute atomic E-state index is 6.59. The highest BCUT2D eigenvalue weighted by Crippen LogP contribution is 2.30. The van der Waals surface area contributed by atoms with E-state index < -0.39 is 0 Å². The van der Waals surface area contributed by atoms with E-state index in [1.54, 1.807) is 11.3 Å². The number of rotatable bonds is 2. The Morgan fingerprint density at radius 2 is 2.00 bits per heavy atom. The summed E-state index contributed by atoms with van der Waals surface area (Å²) in [5.74, 6) is 0. The van der Waals surface area contributed by atoms with Crippen molar-refractivity contribution < 1.29 is 0 Å². The topological polar surface area (TPSA) is 43.3 Å². The van der Waals surface area contributed by atoms with Crippen LogP contribution in [0.5, 0.6) is 0 Å². The lowest BCUT2D eigenvalue weighted by molar-refractivity contribution is 0.442. The lowest BCUT2D eigenvalue weighted by Crippen LogP contribution is -2.43. The number of aromatic nitrogens is 2. The number of nitrogens with two attached hydrogens (primary N) is 1. The van der Waals surface area contributed by atoms with E-state index in [2.05, 4.69) is 45.2 Å². The van der Waals surface area contributed by atoms with Gasteiger partial charge in [-0.25, -0.2) is 4.98 Å². The van der Waals surface area contributed by atoms with Gasteiger partial charge in [0.2, 0.25) is 0 Å². The van der Waals surface area contributed by atoms with E-state index in [1.807, 2.05) is 6.20 Å². The quantitative estimate of drug-likeness (QED) is 0.776. The normalized spacial score (nSPS) is 16.9. The maximum Gasteiger partial charge on any atom is 0.193 e. The smallest absolute Gasteiger partial charge is 0.193 e. The van der Waals surface area contributed by atoms with E-state index in [0.717, 1.165) is 29.9 Å². The van der Waals surface area contributed by atoms with Crippen LogP contribution in [0.4, 0.5) is 0 Å². The number of nitrogens with zero attached hydrogens (tertiary/aromatic N) is 2. The second kappa shape index (κ2) is 3.92. The number of hydrogen-bond acceptors (Lipinski definition) is 3. The molecule has 4 heteroatoms. The number of imidazole rings is 1. The monoisotopic (exact) mass is 269 g/mol. The zero-order valence-corrected chi connectivity index (χ0v) is 11.4. The summed E-state index contributed by atoms with van der Waals surface area (Å²) in [6.45, 7) is 0. The predicted octanol–water partition coefficient (Wildman–Crippen LogP) is 2.43. The molecule has 4 rings (SSSR count). The summed E-state index contributed by atoms with van der Waals surface area (Å²) in [6, 6.07) is 8.57. The van der Waals surface area contributed by atoms with Gasteiger partial charge in [-0.1, -0.05) is 24.3 Å². The Kier molecular flexibility index (Phi) is 2.31. The average molecular weight is 269 g/mol. The third kappa shape index (κ3) is 1.88. The minimum Gasteiger partial charge on any atom is -0.324 e. The first-order chi connectivity index (χ1) is 9.22. The standard InChI is InChI=1S/C15H15N3S/c16-15(7-11-3-1-2-4-12(11)8-15)9-13-10-18-5-6-19-14(18)17-13/h1-6,10H,7-9,16H2. The molecule has 96 valence electrons. The van der Waals surface area contributed by atoms with Gasteiger partial charge in [0.15, 0.2) is 4.96 Å². The predicted molar refractivity (Wildman–Crippen MR) is 77.5 cm³/mol. The lowest BCUT2D eigenvalue weighted by Gasteiger charge is -2.22. The van der Waals surface area contributed by atoms with Gasteiger partial charge in [-0.2, -0.15) is 0 Å². The molecule has 2 aromatic heterocycles. The third-order valence-corrected chi connectivity index (χ3v) is 4.65. The summed E-state index contributed by atoms with van der Waals surface area (Å²) in [6.07, 6.45) is 6.89. The molecule has 0 radical (unpaired) electrons. The number of fused-ring (bicyclic) bond motifs is 2. The van der Waals surface area contributed by atoms with Crippen LogP contribution < -0.4 is 5.73 Å². The van der Waals surface area contributed by atoms with Crippen LogP contribution in [0.15, 0.2) is 42.0 Å². The summed E-state index contributed by atoms with van der Waals surface area (Å²) < 4.78 is 2.07. The molecule has 0 saturated heterocycles. The molecule has 0 atom stereocenters.